The first-order valence-corrected chi connectivity index (χ1v) is 7.83. The molecule has 0 spiro atoms. The van der Waals surface area contributed by atoms with E-state index in [1.54, 1.807) is 0 Å². The van der Waals surface area contributed by atoms with E-state index < -0.39 is 0 Å². The maximum absolute atomic E-state index is 6.07. The Morgan fingerprint density at radius 1 is 1.35 bits per heavy atom. The summed E-state index contributed by atoms with van der Waals surface area (Å²) in [5.41, 5.74) is 1.28. The molecule has 1 saturated heterocycles. The van der Waals surface area contributed by atoms with Crippen molar-refractivity contribution in [2.45, 2.75) is 71.8 Å². The van der Waals surface area contributed by atoms with Gasteiger partial charge in [0.05, 0.1) is 25.6 Å². The smallest absolute Gasteiger partial charge is 0.158 e. The second kappa shape index (κ2) is 7.23. The summed E-state index contributed by atoms with van der Waals surface area (Å²) in [5.74, 6) is 1.05. The Labute approximate surface area is 122 Å². The fraction of sp³-hybridized carbons (Fsp3) is 0.812. The SMILES string of the molecule is CC(C)COC1CCCC(Cn2cncc2C(C)C)O1. The van der Waals surface area contributed by atoms with Crippen LogP contribution in [0.5, 0.6) is 0 Å². The van der Waals surface area contributed by atoms with Crippen LogP contribution in [0.2, 0.25) is 0 Å². The number of imidazole rings is 1. The molecule has 1 aromatic heterocycles. The molecule has 1 aromatic rings. The first kappa shape index (κ1) is 15.5. The lowest BCUT2D eigenvalue weighted by Crippen LogP contribution is -2.33. The molecule has 114 valence electrons. The predicted molar refractivity (Wildman–Crippen MR) is 79.6 cm³/mol. The third kappa shape index (κ3) is 4.32. The lowest BCUT2D eigenvalue weighted by atomic mass is 10.1. The van der Waals surface area contributed by atoms with E-state index in [1.165, 1.54) is 12.1 Å². The third-order valence-corrected chi connectivity index (χ3v) is 3.66. The number of aromatic nitrogens is 2. The molecule has 0 N–H and O–H groups in total. The van der Waals surface area contributed by atoms with Crippen LogP contribution in [0.15, 0.2) is 12.5 Å². The summed E-state index contributed by atoms with van der Waals surface area (Å²) in [5, 5.41) is 0. The van der Waals surface area contributed by atoms with Crippen molar-refractivity contribution in [1.29, 1.82) is 0 Å². The number of ether oxygens (including phenoxy) is 2. The summed E-state index contributed by atoms with van der Waals surface area (Å²) in [6.07, 6.45) is 7.40. The molecule has 1 fully saturated rings. The summed E-state index contributed by atoms with van der Waals surface area (Å²) in [7, 11) is 0. The van der Waals surface area contributed by atoms with E-state index in [4.69, 9.17) is 9.47 Å². The molecule has 2 unspecified atom stereocenters. The largest absolute Gasteiger partial charge is 0.352 e. The Bertz CT molecular complexity index is 401. The lowest BCUT2D eigenvalue weighted by Gasteiger charge is -2.31. The van der Waals surface area contributed by atoms with Crippen molar-refractivity contribution in [3.8, 4) is 0 Å². The van der Waals surface area contributed by atoms with Crippen LogP contribution in [0.4, 0.5) is 0 Å². The van der Waals surface area contributed by atoms with Gasteiger partial charge in [-0.1, -0.05) is 27.7 Å². The van der Waals surface area contributed by atoms with E-state index in [1.807, 2.05) is 12.5 Å². The molecule has 1 aliphatic rings. The highest BCUT2D eigenvalue weighted by Crippen LogP contribution is 2.23. The fourth-order valence-corrected chi connectivity index (χ4v) is 2.60. The molecule has 1 aliphatic heterocycles. The van der Waals surface area contributed by atoms with Crippen molar-refractivity contribution in [1.82, 2.24) is 9.55 Å². The van der Waals surface area contributed by atoms with Gasteiger partial charge >= 0.3 is 0 Å². The minimum atomic E-state index is -0.0258. The normalized spacial score (nSPS) is 23.7. The van der Waals surface area contributed by atoms with Crippen LogP contribution in [0.1, 0.15) is 58.6 Å². The van der Waals surface area contributed by atoms with Crippen molar-refractivity contribution < 1.29 is 9.47 Å². The summed E-state index contributed by atoms with van der Waals surface area (Å²) < 4.78 is 14.1. The highest BCUT2D eigenvalue weighted by Gasteiger charge is 2.24. The maximum atomic E-state index is 6.07. The van der Waals surface area contributed by atoms with Gasteiger partial charge in [0, 0.05) is 11.9 Å². The molecule has 0 aliphatic carbocycles. The Balaban J connectivity index is 1.87. The average molecular weight is 280 g/mol. The van der Waals surface area contributed by atoms with Crippen molar-refractivity contribution in [2.24, 2.45) is 5.92 Å². The minimum Gasteiger partial charge on any atom is -0.352 e. The highest BCUT2D eigenvalue weighted by molar-refractivity contribution is 5.03. The summed E-state index contributed by atoms with van der Waals surface area (Å²) >= 11 is 0. The van der Waals surface area contributed by atoms with Gasteiger partial charge in [-0.2, -0.15) is 0 Å². The van der Waals surface area contributed by atoms with Crippen LogP contribution < -0.4 is 0 Å². The molecule has 4 nitrogen and oxygen atoms in total. The molecular formula is C16H28N2O2. The monoisotopic (exact) mass is 280 g/mol. The highest BCUT2D eigenvalue weighted by atomic mass is 16.7. The lowest BCUT2D eigenvalue weighted by molar-refractivity contribution is -0.200. The van der Waals surface area contributed by atoms with Gasteiger partial charge in [0.1, 0.15) is 0 Å². The predicted octanol–water partition coefficient (Wildman–Crippen LogP) is 3.57. The van der Waals surface area contributed by atoms with Gasteiger partial charge in [0.25, 0.3) is 0 Å². The number of nitrogens with zero attached hydrogens (tertiary/aromatic N) is 2. The quantitative estimate of drug-likeness (QED) is 0.799. The maximum Gasteiger partial charge on any atom is 0.158 e. The minimum absolute atomic E-state index is 0.0258. The zero-order valence-electron chi connectivity index (χ0n) is 13.2. The number of rotatable bonds is 6. The molecule has 0 aromatic carbocycles. The first-order valence-electron chi connectivity index (χ1n) is 7.83. The van der Waals surface area contributed by atoms with Crippen LogP contribution in [-0.2, 0) is 16.0 Å². The molecule has 20 heavy (non-hydrogen) atoms. The molecule has 0 radical (unpaired) electrons. The van der Waals surface area contributed by atoms with Gasteiger partial charge in [-0.3, -0.25) is 0 Å². The van der Waals surface area contributed by atoms with E-state index in [2.05, 4.69) is 37.2 Å². The molecule has 0 amide bonds. The van der Waals surface area contributed by atoms with Gasteiger partial charge in [-0.05, 0) is 31.1 Å². The Kier molecular flexibility index (Phi) is 5.61. The Morgan fingerprint density at radius 2 is 2.15 bits per heavy atom. The van der Waals surface area contributed by atoms with Crippen LogP contribution >= 0.6 is 0 Å². The molecule has 2 rings (SSSR count). The van der Waals surface area contributed by atoms with E-state index in [9.17, 15) is 0 Å². The molecule has 2 atom stereocenters. The Morgan fingerprint density at radius 3 is 2.85 bits per heavy atom. The van der Waals surface area contributed by atoms with E-state index in [0.29, 0.717) is 11.8 Å². The van der Waals surface area contributed by atoms with Crippen LogP contribution in [0, 0.1) is 5.92 Å². The van der Waals surface area contributed by atoms with Gasteiger partial charge < -0.3 is 14.0 Å². The first-order chi connectivity index (χ1) is 9.56. The zero-order chi connectivity index (χ0) is 14.5. The number of hydrogen-bond donors (Lipinski definition) is 0. The van der Waals surface area contributed by atoms with E-state index in [-0.39, 0.29) is 12.4 Å². The average Bonchev–Trinajstić information content (AvgIpc) is 2.85. The molecule has 0 bridgehead atoms. The Hall–Kier alpha value is -0.870. The molecule has 2 heterocycles. The third-order valence-electron chi connectivity index (χ3n) is 3.66. The number of hydrogen-bond acceptors (Lipinski definition) is 3. The van der Waals surface area contributed by atoms with Gasteiger partial charge in [-0.15, -0.1) is 0 Å². The van der Waals surface area contributed by atoms with Crippen LogP contribution in [0.3, 0.4) is 0 Å². The second-order valence-electron chi connectivity index (χ2n) is 6.47. The molecule has 4 heteroatoms. The topological polar surface area (TPSA) is 36.3 Å². The fourth-order valence-electron chi connectivity index (χ4n) is 2.60. The summed E-state index contributed by atoms with van der Waals surface area (Å²) in [6.45, 7) is 10.4. The van der Waals surface area contributed by atoms with Crippen molar-refractivity contribution in [2.75, 3.05) is 6.61 Å². The van der Waals surface area contributed by atoms with Crippen LogP contribution in [0.25, 0.3) is 0 Å². The zero-order valence-corrected chi connectivity index (χ0v) is 13.2. The van der Waals surface area contributed by atoms with Crippen molar-refractivity contribution in [3.63, 3.8) is 0 Å². The van der Waals surface area contributed by atoms with E-state index >= 15 is 0 Å². The van der Waals surface area contributed by atoms with E-state index in [0.717, 1.165) is 26.0 Å². The van der Waals surface area contributed by atoms with Gasteiger partial charge in [0.15, 0.2) is 6.29 Å². The summed E-state index contributed by atoms with van der Waals surface area (Å²) in [4.78, 5) is 4.26. The summed E-state index contributed by atoms with van der Waals surface area (Å²) in [6, 6.07) is 0. The van der Waals surface area contributed by atoms with Crippen molar-refractivity contribution in [3.05, 3.63) is 18.2 Å². The van der Waals surface area contributed by atoms with Gasteiger partial charge in [-0.25, -0.2) is 4.98 Å². The van der Waals surface area contributed by atoms with Crippen molar-refractivity contribution >= 4 is 0 Å². The van der Waals surface area contributed by atoms with Gasteiger partial charge in [0.2, 0.25) is 0 Å². The standard InChI is InChI=1S/C16H28N2O2/c1-12(2)10-19-16-7-5-6-14(20-16)9-18-11-17-8-15(18)13(3)4/h8,11-14,16H,5-7,9-10H2,1-4H3. The molecular weight excluding hydrogens is 252 g/mol. The molecule has 0 saturated carbocycles. The second-order valence-corrected chi connectivity index (χ2v) is 6.47. The van der Waals surface area contributed by atoms with Crippen LogP contribution in [-0.4, -0.2) is 28.6 Å².